The highest BCUT2D eigenvalue weighted by molar-refractivity contribution is 6.30. The molecule has 0 saturated heterocycles. The second kappa shape index (κ2) is 6.45. The second-order valence-corrected chi connectivity index (χ2v) is 4.30. The Morgan fingerprint density at radius 3 is 2.59 bits per heavy atom. The molecule has 0 aliphatic rings. The Bertz CT molecular complexity index is 391. The number of hydrogen-bond acceptors (Lipinski definition) is 3. The number of hydrogen-bond donors (Lipinski definition) is 0. The molecule has 0 bridgehead atoms. The van der Waals surface area contributed by atoms with Gasteiger partial charge in [0.15, 0.2) is 5.75 Å². The maximum atomic E-state index is 10.8. The summed E-state index contributed by atoms with van der Waals surface area (Å²) in [6.45, 7) is 4.63. The first kappa shape index (κ1) is 13.8. The monoisotopic (exact) mass is 257 g/mol. The van der Waals surface area contributed by atoms with Crippen molar-refractivity contribution in [3.8, 4) is 5.75 Å². The maximum Gasteiger partial charge on any atom is 0.311 e. The van der Waals surface area contributed by atoms with E-state index in [0.29, 0.717) is 17.5 Å². The van der Waals surface area contributed by atoms with Crippen LogP contribution >= 0.6 is 11.6 Å². The third-order valence-electron chi connectivity index (χ3n) is 2.75. The lowest BCUT2D eigenvalue weighted by atomic mass is 10.1. The van der Waals surface area contributed by atoms with Gasteiger partial charge in [0.05, 0.1) is 11.5 Å². The molecule has 17 heavy (non-hydrogen) atoms. The summed E-state index contributed by atoms with van der Waals surface area (Å²) in [6.07, 6.45) is 1.98. The Kier molecular flexibility index (Phi) is 5.22. The molecular weight excluding hydrogens is 242 g/mol. The number of nitro benzene ring substituents is 1. The van der Waals surface area contributed by atoms with Crippen LogP contribution in [0.4, 0.5) is 5.69 Å². The summed E-state index contributed by atoms with van der Waals surface area (Å²) in [7, 11) is 0. The van der Waals surface area contributed by atoms with Crippen molar-refractivity contribution >= 4 is 17.3 Å². The molecule has 94 valence electrons. The standard InChI is InChI=1S/C12H16ClNO3/c1-3-9(4-2)8-17-12-7-10(13)5-6-11(12)14(15)16/h5-7,9H,3-4,8H2,1-2H3. The Labute approximate surface area is 106 Å². The normalized spacial score (nSPS) is 10.6. The highest BCUT2D eigenvalue weighted by Gasteiger charge is 2.16. The van der Waals surface area contributed by atoms with Crippen molar-refractivity contribution in [3.05, 3.63) is 33.3 Å². The van der Waals surface area contributed by atoms with Crippen LogP contribution in [0.25, 0.3) is 0 Å². The zero-order chi connectivity index (χ0) is 12.8. The first-order chi connectivity index (χ1) is 8.08. The van der Waals surface area contributed by atoms with Gasteiger partial charge >= 0.3 is 5.69 Å². The number of benzene rings is 1. The van der Waals surface area contributed by atoms with Gasteiger partial charge in [0, 0.05) is 17.2 Å². The molecular formula is C12H16ClNO3. The van der Waals surface area contributed by atoms with E-state index in [4.69, 9.17) is 16.3 Å². The first-order valence-corrected chi connectivity index (χ1v) is 6.03. The second-order valence-electron chi connectivity index (χ2n) is 3.86. The van der Waals surface area contributed by atoms with Crippen LogP contribution in [0.5, 0.6) is 5.75 Å². The topological polar surface area (TPSA) is 52.4 Å². The average molecular weight is 258 g/mol. The lowest BCUT2D eigenvalue weighted by molar-refractivity contribution is -0.385. The van der Waals surface area contributed by atoms with Crippen molar-refractivity contribution in [1.82, 2.24) is 0 Å². The summed E-state index contributed by atoms with van der Waals surface area (Å²) >= 11 is 5.80. The van der Waals surface area contributed by atoms with Crippen LogP contribution in [0.1, 0.15) is 26.7 Å². The Hall–Kier alpha value is -1.29. The van der Waals surface area contributed by atoms with Crippen molar-refractivity contribution in [1.29, 1.82) is 0 Å². The lowest BCUT2D eigenvalue weighted by Gasteiger charge is -2.13. The van der Waals surface area contributed by atoms with E-state index >= 15 is 0 Å². The first-order valence-electron chi connectivity index (χ1n) is 5.65. The van der Waals surface area contributed by atoms with E-state index in [0.717, 1.165) is 12.8 Å². The molecule has 0 aliphatic heterocycles. The predicted octanol–water partition coefficient (Wildman–Crippen LogP) is 4.06. The zero-order valence-corrected chi connectivity index (χ0v) is 10.7. The van der Waals surface area contributed by atoms with E-state index in [-0.39, 0.29) is 11.4 Å². The van der Waals surface area contributed by atoms with E-state index in [1.807, 2.05) is 0 Å². The molecule has 0 radical (unpaired) electrons. The van der Waals surface area contributed by atoms with E-state index in [1.54, 1.807) is 0 Å². The number of nitrogens with zero attached hydrogens (tertiary/aromatic N) is 1. The molecule has 0 fully saturated rings. The van der Waals surface area contributed by atoms with Gasteiger partial charge in [-0.05, 0) is 12.0 Å². The van der Waals surface area contributed by atoms with Crippen LogP contribution in [0.2, 0.25) is 5.02 Å². The number of halogens is 1. The number of rotatable bonds is 6. The Morgan fingerprint density at radius 2 is 2.06 bits per heavy atom. The fourth-order valence-corrected chi connectivity index (χ4v) is 1.65. The van der Waals surface area contributed by atoms with Crippen molar-refractivity contribution in [2.75, 3.05) is 6.61 Å². The highest BCUT2D eigenvalue weighted by atomic mass is 35.5. The fourth-order valence-electron chi connectivity index (χ4n) is 1.49. The molecule has 5 heteroatoms. The van der Waals surface area contributed by atoms with Gasteiger partial charge in [0.1, 0.15) is 0 Å². The minimum absolute atomic E-state index is 0.0413. The largest absolute Gasteiger partial charge is 0.486 e. The van der Waals surface area contributed by atoms with Gasteiger partial charge in [-0.15, -0.1) is 0 Å². The molecule has 0 heterocycles. The Balaban J connectivity index is 2.81. The third-order valence-corrected chi connectivity index (χ3v) is 2.98. The van der Waals surface area contributed by atoms with Crippen LogP contribution in [-0.4, -0.2) is 11.5 Å². The van der Waals surface area contributed by atoms with Crippen LogP contribution < -0.4 is 4.74 Å². The van der Waals surface area contributed by atoms with Crippen LogP contribution in [0.3, 0.4) is 0 Å². The SMILES string of the molecule is CCC(CC)COc1cc(Cl)ccc1[N+](=O)[O-]. The van der Waals surface area contributed by atoms with Crippen LogP contribution in [0, 0.1) is 16.0 Å². The fraction of sp³-hybridized carbons (Fsp3) is 0.500. The summed E-state index contributed by atoms with van der Waals surface area (Å²) in [4.78, 5) is 10.3. The molecule has 1 rings (SSSR count). The lowest BCUT2D eigenvalue weighted by Crippen LogP contribution is -2.10. The minimum atomic E-state index is -0.460. The Morgan fingerprint density at radius 1 is 1.41 bits per heavy atom. The summed E-state index contributed by atoms with van der Waals surface area (Å²) in [5, 5.41) is 11.2. The van der Waals surface area contributed by atoms with E-state index < -0.39 is 4.92 Å². The van der Waals surface area contributed by atoms with Crippen molar-refractivity contribution in [3.63, 3.8) is 0 Å². The minimum Gasteiger partial charge on any atom is -0.486 e. The van der Waals surface area contributed by atoms with Crippen molar-refractivity contribution in [2.45, 2.75) is 26.7 Å². The van der Waals surface area contributed by atoms with Crippen molar-refractivity contribution in [2.24, 2.45) is 5.92 Å². The number of nitro groups is 1. The van der Waals surface area contributed by atoms with Gasteiger partial charge in [-0.1, -0.05) is 38.3 Å². The van der Waals surface area contributed by atoms with E-state index in [1.165, 1.54) is 18.2 Å². The molecule has 4 nitrogen and oxygen atoms in total. The van der Waals surface area contributed by atoms with Crippen molar-refractivity contribution < 1.29 is 9.66 Å². The van der Waals surface area contributed by atoms with Gasteiger partial charge in [-0.3, -0.25) is 10.1 Å². The van der Waals surface area contributed by atoms with Gasteiger partial charge in [0.25, 0.3) is 0 Å². The summed E-state index contributed by atoms with van der Waals surface area (Å²) in [5.41, 5.74) is -0.0413. The van der Waals surface area contributed by atoms with Gasteiger partial charge in [0.2, 0.25) is 0 Å². The molecule has 0 N–H and O–H groups in total. The van der Waals surface area contributed by atoms with Gasteiger partial charge < -0.3 is 4.74 Å². The van der Waals surface area contributed by atoms with Gasteiger partial charge in [-0.2, -0.15) is 0 Å². The highest BCUT2D eigenvalue weighted by Crippen LogP contribution is 2.30. The molecule has 1 aromatic rings. The van der Waals surface area contributed by atoms with Crippen LogP contribution in [-0.2, 0) is 0 Å². The average Bonchev–Trinajstić information content (AvgIpc) is 2.30. The molecule has 0 atom stereocenters. The molecule has 0 aromatic heterocycles. The maximum absolute atomic E-state index is 10.8. The molecule has 0 unspecified atom stereocenters. The van der Waals surface area contributed by atoms with E-state index in [2.05, 4.69) is 13.8 Å². The smallest absolute Gasteiger partial charge is 0.311 e. The van der Waals surface area contributed by atoms with Crippen LogP contribution in [0.15, 0.2) is 18.2 Å². The van der Waals surface area contributed by atoms with E-state index in [9.17, 15) is 10.1 Å². The summed E-state index contributed by atoms with van der Waals surface area (Å²) < 4.78 is 5.50. The zero-order valence-electron chi connectivity index (χ0n) is 9.98. The molecule has 0 amide bonds. The summed E-state index contributed by atoms with van der Waals surface area (Å²) in [5.74, 6) is 0.656. The predicted molar refractivity (Wildman–Crippen MR) is 67.7 cm³/mol. The van der Waals surface area contributed by atoms with Gasteiger partial charge in [-0.25, -0.2) is 0 Å². The quantitative estimate of drug-likeness (QED) is 0.570. The molecule has 0 spiro atoms. The molecule has 0 saturated carbocycles. The third kappa shape index (κ3) is 3.89. The summed E-state index contributed by atoms with van der Waals surface area (Å²) in [6, 6.07) is 4.34. The molecule has 0 aliphatic carbocycles. The molecule has 1 aromatic carbocycles. The number of ether oxygens (including phenoxy) is 1.